The molecule has 0 fully saturated rings. The van der Waals surface area contributed by atoms with E-state index in [9.17, 15) is 9.59 Å². The minimum Gasteiger partial charge on any atom is -0.350 e. The minimum atomic E-state index is -0.521. The lowest BCUT2D eigenvalue weighted by Gasteiger charge is -2.33. The van der Waals surface area contributed by atoms with Crippen LogP contribution in [0.2, 0.25) is 5.02 Å². The Kier molecular flexibility index (Phi) is 8.60. The van der Waals surface area contributed by atoms with E-state index in [-0.39, 0.29) is 23.1 Å². The topological polar surface area (TPSA) is 49.4 Å². The number of hydrogen-bond donors (Lipinski definition) is 1. The van der Waals surface area contributed by atoms with Gasteiger partial charge in [0.1, 0.15) is 6.04 Å². The molecule has 0 spiro atoms. The highest BCUT2D eigenvalue weighted by Crippen LogP contribution is 2.22. The van der Waals surface area contributed by atoms with Gasteiger partial charge in [-0.05, 0) is 57.0 Å². The van der Waals surface area contributed by atoms with Gasteiger partial charge in [-0.3, -0.25) is 9.59 Å². The van der Waals surface area contributed by atoms with Gasteiger partial charge in [0.15, 0.2) is 0 Å². The summed E-state index contributed by atoms with van der Waals surface area (Å²) in [4.78, 5) is 28.7. The molecule has 4 nitrogen and oxygen atoms in total. The quantitative estimate of drug-likeness (QED) is 0.586. The summed E-state index contributed by atoms with van der Waals surface area (Å²) in [5.74, 6) is 0.0683. The average molecular weight is 433 g/mol. The number of carbonyl (C=O) groups excluding carboxylic acids is 2. The first kappa shape index (κ1) is 23.3. The van der Waals surface area contributed by atoms with Gasteiger partial charge < -0.3 is 10.2 Å². The maximum absolute atomic E-state index is 13.2. The van der Waals surface area contributed by atoms with Crippen LogP contribution in [0.25, 0.3) is 0 Å². The smallest absolute Gasteiger partial charge is 0.243 e. The highest BCUT2D eigenvalue weighted by molar-refractivity contribution is 8.00. The maximum Gasteiger partial charge on any atom is 0.243 e. The number of amides is 2. The predicted molar refractivity (Wildman–Crippen MR) is 121 cm³/mol. The lowest BCUT2D eigenvalue weighted by Crippen LogP contribution is -2.53. The molecule has 29 heavy (non-hydrogen) atoms. The largest absolute Gasteiger partial charge is 0.350 e. The predicted octanol–water partition coefficient (Wildman–Crippen LogP) is 5.15. The number of nitrogens with one attached hydrogen (secondary N) is 1. The van der Waals surface area contributed by atoms with E-state index in [0.717, 1.165) is 10.5 Å². The van der Waals surface area contributed by atoms with Crippen molar-refractivity contribution in [2.75, 3.05) is 5.75 Å². The lowest BCUT2D eigenvalue weighted by molar-refractivity contribution is -0.140. The summed E-state index contributed by atoms with van der Waals surface area (Å²) >= 11 is 7.38. The highest BCUT2D eigenvalue weighted by Gasteiger charge is 2.30. The SMILES string of the molecule is CC[C@H](C(=O)NC(C)(C)C)N(Cc1ccccc1)C(=O)CSc1ccc(Cl)cc1. The van der Waals surface area contributed by atoms with Crippen LogP contribution in [-0.2, 0) is 16.1 Å². The van der Waals surface area contributed by atoms with E-state index in [1.165, 1.54) is 11.8 Å². The van der Waals surface area contributed by atoms with Crippen molar-refractivity contribution in [3.8, 4) is 0 Å². The zero-order valence-corrected chi connectivity index (χ0v) is 19.0. The molecule has 0 saturated heterocycles. The van der Waals surface area contributed by atoms with E-state index in [0.29, 0.717) is 18.0 Å². The molecule has 0 aliphatic carbocycles. The molecule has 1 N–H and O–H groups in total. The van der Waals surface area contributed by atoms with Gasteiger partial charge in [0.05, 0.1) is 5.75 Å². The molecular weight excluding hydrogens is 404 g/mol. The first-order valence-corrected chi connectivity index (χ1v) is 11.1. The summed E-state index contributed by atoms with van der Waals surface area (Å²) < 4.78 is 0. The van der Waals surface area contributed by atoms with Gasteiger partial charge in [0.2, 0.25) is 11.8 Å². The van der Waals surface area contributed by atoms with Crippen LogP contribution in [-0.4, -0.2) is 34.0 Å². The standard InChI is InChI=1S/C23H29ClN2O2S/c1-5-20(22(28)25-23(2,3)4)26(15-17-9-7-6-8-10-17)21(27)16-29-19-13-11-18(24)12-14-19/h6-14,20H,5,15-16H2,1-4H3,(H,25,28)/t20-/m1/s1. The average Bonchev–Trinajstić information content (AvgIpc) is 2.66. The monoisotopic (exact) mass is 432 g/mol. The molecular formula is C23H29ClN2O2S. The second-order valence-electron chi connectivity index (χ2n) is 7.91. The van der Waals surface area contributed by atoms with Gasteiger partial charge in [-0.1, -0.05) is 48.9 Å². The maximum atomic E-state index is 13.2. The van der Waals surface area contributed by atoms with Gasteiger partial charge in [-0.2, -0.15) is 0 Å². The molecule has 2 aromatic rings. The fourth-order valence-electron chi connectivity index (χ4n) is 2.91. The van der Waals surface area contributed by atoms with Gasteiger partial charge in [0, 0.05) is 22.0 Å². The van der Waals surface area contributed by atoms with Crippen LogP contribution in [0.5, 0.6) is 0 Å². The van der Waals surface area contributed by atoms with E-state index >= 15 is 0 Å². The molecule has 1 atom stereocenters. The van der Waals surface area contributed by atoms with Crippen molar-refractivity contribution in [2.24, 2.45) is 0 Å². The summed E-state index contributed by atoms with van der Waals surface area (Å²) in [5, 5.41) is 3.68. The Balaban J connectivity index is 2.19. The third-order valence-electron chi connectivity index (χ3n) is 4.26. The summed E-state index contributed by atoms with van der Waals surface area (Å²) in [5.41, 5.74) is 0.642. The van der Waals surface area contributed by atoms with Crippen molar-refractivity contribution in [1.29, 1.82) is 0 Å². The molecule has 2 aromatic carbocycles. The Morgan fingerprint density at radius 2 is 1.69 bits per heavy atom. The first-order chi connectivity index (χ1) is 13.7. The van der Waals surface area contributed by atoms with Gasteiger partial charge in [-0.25, -0.2) is 0 Å². The molecule has 0 radical (unpaired) electrons. The number of benzene rings is 2. The summed E-state index contributed by atoms with van der Waals surface area (Å²) in [6.45, 7) is 8.16. The Bertz CT molecular complexity index is 804. The zero-order valence-electron chi connectivity index (χ0n) is 17.4. The molecule has 6 heteroatoms. The van der Waals surface area contributed by atoms with Crippen LogP contribution in [0.3, 0.4) is 0 Å². The third-order valence-corrected chi connectivity index (χ3v) is 5.50. The third kappa shape index (κ3) is 7.75. The van der Waals surface area contributed by atoms with Crippen LogP contribution in [0.1, 0.15) is 39.7 Å². The molecule has 0 aliphatic rings. The van der Waals surface area contributed by atoms with E-state index < -0.39 is 6.04 Å². The molecule has 0 aromatic heterocycles. The Morgan fingerprint density at radius 1 is 1.07 bits per heavy atom. The highest BCUT2D eigenvalue weighted by atomic mass is 35.5. The van der Waals surface area contributed by atoms with Crippen molar-refractivity contribution in [1.82, 2.24) is 10.2 Å². The Morgan fingerprint density at radius 3 is 2.24 bits per heavy atom. The molecule has 2 rings (SSSR count). The lowest BCUT2D eigenvalue weighted by atomic mass is 10.1. The molecule has 0 bridgehead atoms. The van der Waals surface area contributed by atoms with Gasteiger partial charge in [-0.15, -0.1) is 11.8 Å². The van der Waals surface area contributed by atoms with Crippen molar-refractivity contribution in [3.05, 3.63) is 65.2 Å². The molecule has 0 heterocycles. The Labute approximate surface area is 183 Å². The fourth-order valence-corrected chi connectivity index (χ4v) is 3.82. The first-order valence-electron chi connectivity index (χ1n) is 9.73. The van der Waals surface area contributed by atoms with Crippen molar-refractivity contribution < 1.29 is 9.59 Å². The minimum absolute atomic E-state index is 0.0651. The second-order valence-corrected chi connectivity index (χ2v) is 9.40. The number of halogens is 1. The number of carbonyl (C=O) groups is 2. The van der Waals surface area contributed by atoms with Crippen LogP contribution in [0.4, 0.5) is 0 Å². The molecule has 0 unspecified atom stereocenters. The van der Waals surface area contributed by atoms with Gasteiger partial charge >= 0.3 is 0 Å². The fraction of sp³-hybridized carbons (Fsp3) is 0.391. The second kappa shape index (κ2) is 10.7. The van der Waals surface area contributed by atoms with Crippen molar-refractivity contribution in [2.45, 2.75) is 57.1 Å². The number of nitrogens with zero attached hydrogens (tertiary/aromatic N) is 1. The summed E-state index contributed by atoms with van der Waals surface area (Å²) in [6.07, 6.45) is 0.548. The summed E-state index contributed by atoms with van der Waals surface area (Å²) in [6, 6.07) is 16.7. The van der Waals surface area contributed by atoms with E-state index in [4.69, 9.17) is 11.6 Å². The normalized spacial score (nSPS) is 12.3. The molecule has 0 saturated carbocycles. The van der Waals surface area contributed by atoms with E-state index in [2.05, 4.69) is 5.32 Å². The Hall–Kier alpha value is -1.98. The van der Waals surface area contributed by atoms with Gasteiger partial charge in [0.25, 0.3) is 0 Å². The van der Waals surface area contributed by atoms with Crippen LogP contribution >= 0.6 is 23.4 Å². The molecule has 0 aliphatic heterocycles. The molecule has 156 valence electrons. The summed E-state index contributed by atoms with van der Waals surface area (Å²) in [7, 11) is 0. The van der Waals surface area contributed by atoms with Crippen molar-refractivity contribution >= 4 is 35.2 Å². The molecule has 2 amide bonds. The number of thioether (sulfide) groups is 1. The van der Waals surface area contributed by atoms with Crippen LogP contribution < -0.4 is 5.32 Å². The zero-order chi connectivity index (χ0) is 21.4. The van der Waals surface area contributed by atoms with E-state index in [1.54, 1.807) is 4.90 Å². The van der Waals surface area contributed by atoms with E-state index in [1.807, 2.05) is 82.3 Å². The number of hydrogen-bond acceptors (Lipinski definition) is 3. The van der Waals surface area contributed by atoms with Crippen LogP contribution in [0.15, 0.2) is 59.5 Å². The van der Waals surface area contributed by atoms with Crippen LogP contribution in [0, 0.1) is 0 Å². The number of rotatable bonds is 8. The van der Waals surface area contributed by atoms with Crippen molar-refractivity contribution in [3.63, 3.8) is 0 Å².